The normalized spacial score (nSPS) is 15.7. The van der Waals surface area contributed by atoms with E-state index in [1.165, 1.54) is 17.0 Å². The molecule has 1 aliphatic rings. The molecule has 2 N–H and O–H groups in total. The number of carbonyl (C=O) groups is 3. The minimum absolute atomic E-state index is 0.0466. The molecule has 152 valence electrons. The average molecular weight is 419 g/mol. The van der Waals surface area contributed by atoms with E-state index in [1.807, 2.05) is 6.07 Å². The minimum atomic E-state index is -0.595. The Morgan fingerprint density at radius 1 is 1.34 bits per heavy atom. The van der Waals surface area contributed by atoms with Gasteiger partial charge in [-0.2, -0.15) is 0 Å². The van der Waals surface area contributed by atoms with Gasteiger partial charge in [0.2, 0.25) is 17.7 Å². The topological polar surface area (TPSA) is 91.4 Å². The van der Waals surface area contributed by atoms with Gasteiger partial charge in [0.15, 0.2) is 0 Å². The van der Waals surface area contributed by atoms with Crippen LogP contribution in [0.4, 0.5) is 10.1 Å². The van der Waals surface area contributed by atoms with Gasteiger partial charge in [0.1, 0.15) is 12.2 Å². The van der Waals surface area contributed by atoms with E-state index in [0.29, 0.717) is 25.1 Å². The second-order valence-corrected chi connectivity index (χ2v) is 7.20. The number of hydrogen-bond donors (Lipinski definition) is 2. The summed E-state index contributed by atoms with van der Waals surface area (Å²) in [6.45, 7) is 0.573. The van der Waals surface area contributed by atoms with E-state index in [9.17, 15) is 18.8 Å². The van der Waals surface area contributed by atoms with Crippen molar-refractivity contribution in [3.8, 4) is 0 Å². The first-order valence-electron chi connectivity index (χ1n) is 9.11. The Bertz CT molecular complexity index is 910. The summed E-state index contributed by atoms with van der Waals surface area (Å²) < 4.78 is 13.2. The maximum Gasteiger partial charge on any atom is 0.233 e. The predicted octanol–water partition coefficient (Wildman–Crippen LogP) is 2.51. The molecule has 3 rings (SSSR count). The number of hydrogen-bond acceptors (Lipinski definition) is 4. The number of nitrogens with zero attached hydrogens (tertiary/aromatic N) is 2. The summed E-state index contributed by atoms with van der Waals surface area (Å²) in [6.07, 6.45) is 3.94. The molecule has 2 aromatic rings. The van der Waals surface area contributed by atoms with E-state index < -0.39 is 18.1 Å². The van der Waals surface area contributed by atoms with Crippen LogP contribution in [-0.4, -0.2) is 40.2 Å². The number of pyridine rings is 1. The highest BCUT2D eigenvalue weighted by Gasteiger charge is 2.26. The van der Waals surface area contributed by atoms with Crippen molar-refractivity contribution in [1.29, 1.82) is 0 Å². The van der Waals surface area contributed by atoms with Crippen LogP contribution in [0.1, 0.15) is 24.8 Å². The van der Waals surface area contributed by atoms with Gasteiger partial charge in [-0.15, -0.1) is 0 Å². The van der Waals surface area contributed by atoms with Crippen molar-refractivity contribution >= 4 is 35.0 Å². The molecule has 1 aromatic carbocycles. The third-order valence-electron chi connectivity index (χ3n) is 4.49. The summed E-state index contributed by atoms with van der Waals surface area (Å²) in [4.78, 5) is 42.1. The van der Waals surface area contributed by atoms with Crippen molar-refractivity contribution in [2.45, 2.75) is 31.8 Å². The molecule has 2 heterocycles. The van der Waals surface area contributed by atoms with Gasteiger partial charge in [0.25, 0.3) is 0 Å². The molecule has 7 nitrogen and oxygen atoms in total. The van der Waals surface area contributed by atoms with Gasteiger partial charge in [-0.1, -0.05) is 17.7 Å². The van der Waals surface area contributed by atoms with Gasteiger partial charge in [-0.3, -0.25) is 19.4 Å². The van der Waals surface area contributed by atoms with Crippen LogP contribution in [-0.2, 0) is 20.9 Å². The Balaban J connectivity index is 1.65. The van der Waals surface area contributed by atoms with Gasteiger partial charge < -0.3 is 15.5 Å². The highest BCUT2D eigenvalue weighted by molar-refractivity contribution is 6.31. The summed E-state index contributed by atoms with van der Waals surface area (Å²) in [6, 6.07) is 7.23. The third kappa shape index (κ3) is 5.99. The highest BCUT2D eigenvalue weighted by atomic mass is 35.5. The van der Waals surface area contributed by atoms with Crippen LogP contribution in [0.5, 0.6) is 0 Å². The fraction of sp³-hybridized carbons (Fsp3) is 0.300. The molecule has 0 radical (unpaired) electrons. The van der Waals surface area contributed by atoms with Gasteiger partial charge in [-0.25, -0.2) is 4.39 Å². The highest BCUT2D eigenvalue weighted by Crippen LogP contribution is 2.19. The number of benzene rings is 1. The van der Waals surface area contributed by atoms with E-state index >= 15 is 0 Å². The van der Waals surface area contributed by atoms with Crippen LogP contribution in [0.2, 0.25) is 5.02 Å². The number of amides is 3. The second-order valence-electron chi connectivity index (χ2n) is 6.79. The van der Waals surface area contributed by atoms with Gasteiger partial charge in [-0.05, 0) is 36.2 Å². The lowest BCUT2D eigenvalue weighted by molar-refractivity contribution is -0.135. The van der Waals surface area contributed by atoms with Crippen LogP contribution in [0, 0.1) is 5.82 Å². The van der Waals surface area contributed by atoms with E-state index in [0.717, 1.165) is 11.6 Å². The molecule has 29 heavy (non-hydrogen) atoms. The molecule has 1 aliphatic heterocycles. The number of aromatic nitrogens is 1. The van der Waals surface area contributed by atoms with Crippen LogP contribution >= 0.6 is 11.6 Å². The lowest BCUT2D eigenvalue weighted by atomic mass is 10.1. The Kier molecular flexibility index (Phi) is 6.77. The monoisotopic (exact) mass is 418 g/mol. The Hall–Kier alpha value is -3.00. The SMILES string of the molecule is O=C(CC(=O)N(Cc1cccnc1)C[C@@H]1CCC(=O)N1)Nc1ccc(F)c(Cl)c1. The number of carbonyl (C=O) groups excluding carboxylic acids is 3. The molecule has 0 spiro atoms. The summed E-state index contributed by atoms with van der Waals surface area (Å²) in [5.74, 6) is -1.57. The van der Waals surface area contributed by atoms with Crippen LogP contribution < -0.4 is 10.6 Å². The van der Waals surface area contributed by atoms with Crippen molar-refractivity contribution in [3.63, 3.8) is 0 Å². The molecule has 1 aromatic heterocycles. The fourth-order valence-corrected chi connectivity index (χ4v) is 3.26. The lowest BCUT2D eigenvalue weighted by Crippen LogP contribution is -2.42. The van der Waals surface area contributed by atoms with Crippen molar-refractivity contribution in [3.05, 3.63) is 59.1 Å². The van der Waals surface area contributed by atoms with Gasteiger partial charge >= 0.3 is 0 Å². The van der Waals surface area contributed by atoms with E-state index in [4.69, 9.17) is 11.6 Å². The molecule has 3 amide bonds. The molecule has 9 heteroatoms. The number of anilines is 1. The molecule has 0 unspecified atom stereocenters. The summed E-state index contributed by atoms with van der Waals surface area (Å²) in [5.41, 5.74) is 1.12. The van der Waals surface area contributed by atoms with E-state index in [1.54, 1.807) is 18.5 Å². The summed E-state index contributed by atoms with van der Waals surface area (Å²) >= 11 is 5.71. The first-order valence-corrected chi connectivity index (χ1v) is 9.49. The molecular weight excluding hydrogens is 399 g/mol. The Morgan fingerprint density at radius 3 is 2.83 bits per heavy atom. The fourth-order valence-electron chi connectivity index (χ4n) is 3.08. The molecule has 1 fully saturated rings. The van der Waals surface area contributed by atoms with Gasteiger partial charge in [0, 0.05) is 43.6 Å². The largest absolute Gasteiger partial charge is 0.352 e. The molecule has 1 atom stereocenters. The van der Waals surface area contributed by atoms with Crippen LogP contribution in [0.3, 0.4) is 0 Å². The Labute approximate surface area is 172 Å². The molecule has 0 bridgehead atoms. The standard InChI is InChI=1S/C20H20ClFN4O3/c21-16-8-14(3-5-17(16)22)24-19(28)9-20(29)26(11-13-2-1-7-23-10-13)12-15-4-6-18(27)25-15/h1-3,5,7-8,10,15H,4,6,9,11-12H2,(H,24,28)(H,25,27)/t15-/m0/s1. The van der Waals surface area contributed by atoms with Crippen LogP contribution in [0.25, 0.3) is 0 Å². The quantitative estimate of drug-likeness (QED) is 0.676. The first-order chi connectivity index (χ1) is 13.9. The molecule has 0 saturated carbocycles. The first kappa shape index (κ1) is 20.7. The zero-order valence-electron chi connectivity index (χ0n) is 15.5. The smallest absolute Gasteiger partial charge is 0.233 e. The predicted molar refractivity (Wildman–Crippen MR) is 105 cm³/mol. The van der Waals surface area contributed by atoms with Gasteiger partial charge in [0.05, 0.1) is 5.02 Å². The van der Waals surface area contributed by atoms with E-state index in [-0.39, 0.29) is 29.4 Å². The maximum atomic E-state index is 13.2. The summed E-state index contributed by atoms with van der Waals surface area (Å²) in [5, 5.41) is 5.25. The molecule has 1 saturated heterocycles. The maximum absolute atomic E-state index is 13.2. The Morgan fingerprint density at radius 2 is 2.17 bits per heavy atom. The summed E-state index contributed by atoms with van der Waals surface area (Å²) in [7, 11) is 0. The zero-order valence-corrected chi connectivity index (χ0v) is 16.3. The van der Waals surface area contributed by atoms with Crippen molar-refractivity contribution in [2.24, 2.45) is 0 Å². The minimum Gasteiger partial charge on any atom is -0.352 e. The third-order valence-corrected chi connectivity index (χ3v) is 4.78. The number of rotatable bonds is 7. The van der Waals surface area contributed by atoms with Crippen LogP contribution in [0.15, 0.2) is 42.7 Å². The lowest BCUT2D eigenvalue weighted by Gasteiger charge is -2.25. The van der Waals surface area contributed by atoms with Crippen molar-refractivity contribution in [1.82, 2.24) is 15.2 Å². The van der Waals surface area contributed by atoms with E-state index in [2.05, 4.69) is 15.6 Å². The van der Waals surface area contributed by atoms with Crippen molar-refractivity contribution in [2.75, 3.05) is 11.9 Å². The number of halogens is 2. The molecular formula is C20H20ClFN4O3. The molecule has 0 aliphatic carbocycles. The zero-order chi connectivity index (χ0) is 20.8. The number of nitrogens with one attached hydrogen (secondary N) is 2. The average Bonchev–Trinajstić information content (AvgIpc) is 3.10. The van der Waals surface area contributed by atoms with Crippen molar-refractivity contribution < 1.29 is 18.8 Å². The second kappa shape index (κ2) is 9.47.